The fourth-order valence-electron chi connectivity index (χ4n) is 1.04. The fraction of sp³-hybridized carbons (Fsp3) is 0.222. The summed E-state index contributed by atoms with van der Waals surface area (Å²) in [6, 6.07) is 3.67. The van der Waals surface area contributed by atoms with Crippen molar-refractivity contribution in [2.24, 2.45) is 0 Å². The number of nitrogens with one attached hydrogen (secondary N) is 1. The minimum Gasteiger partial charge on any atom is -0.481 e. The smallest absolute Gasteiger partial charge is 0.313 e. The normalized spacial score (nSPS) is 10.4. The standard InChI is InChI=1S/C9H9N3O3S2/c13-7(14)5-16-9-12-11-8(17-9)10-4-6-2-1-3-15-6/h1-3H,4-5H2,(H,10,11)(H,13,14). The predicted octanol–water partition coefficient (Wildman–Crippen LogP) is 1.92. The van der Waals surface area contributed by atoms with Gasteiger partial charge in [-0.05, 0) is 12.1 Å². The number of anilines is 1. The van der Waals surface area contributed by atoms with Crippen molar-refractivity contribution in [1.82, 2.24) is 10.2 Å². The summed E-state index contributed by atoms with van der Waals surface area (Å²) in [4.78, 5) is 10.4. The van der Waals surface area contributed by atoms with E-state index >= 15 is 0 Å². The third kappa shape index (κ3) is 3.75. The number of hydrogen-bond acceptors (Lipinski definition) is 7. The average molecular weight is 271 g/mol. The van der Waals surface area contributed by atoms with Crippen LogP contribution in [0.3, 0.4) is 0 Å². The number of carboxylic acids is 1. The molecule has 8 heteroatoms. The van der Waals surface area contributed by atoms with Gasteiger partial charge in [-0.15, -0.1) is 10.2 Å². The van der Waals surface area contributed by atoms with Crippen LogP contribution in [-0.4, -0.2) is 27.0 Å². The van der Waals surface area contributed by atoms with Crippen LogP contribution in [0, 0.1) is 0 Å². The van der Waals surface area contributed by atoms with Crippen LogP contribution in [-0.2, 0) is 11.3 Å². The van der Waals surface area contributed by atoms with Gasteiger partial charge in [0, 0.05) is 0 Å². The minimum atomic E-state index is -0.865. The molecule has 0 radical (unpaired) electrons. The van der Waals surface area contributed by atoms with Gasteiger partial charge in [0.15, 0.2) is 4.34 Å². The quantitative estimate of drug-likeness (QED) is 0.776. The Morgan fingerprint density at radius 2 is 2.47 bits per heavy atom. The Kier molecular flexibility index (Phi) is 3.99. The summed E-state index contributed by atoms with van der Waals surface area (Å²) in [5, 5.41) is 20.0. The third-order valence-electron chi connectivity index (χ3n) is 1.72. The summed E-state index contributed by atoms with van der Waals surface area (Å²) in [6.07, 6.45) is 1.60. The van der Waals surface area contributed by atoms with Crippen molar-refractivity contribution in [3.05, 3.63) is 24.2 Å². The second-order valence-corrected chi connectivity index (χ2v) is 5.19. The number of rotatable bonds is 6. The zero-order valence-electron chi connectivity index (χ0n) is 8.62. The summed E-state index contributed by atoms with van der Waals surface area (Å²) in [5.41, 5.74) is 0. The van der Waals surface area contributed by atoms with Crippen molar-refractivity contribution in [3.8, 4) is 0 Å². The van der Waals surface area contributed by atoms with Crippen molar-refractivity contribution < 1.29 is 14.3 Å². The number of carbonyl (C=O) groups is 1. The minimum absolute atomic E-state index is 0.00713. The van der Waals surface area contributed by atoms with Gasteiger partial charge in [-0.3, -0.25) is 4.79 Å². The van der Waals surface area contributed by atoms with Crippen LogP contribution < -0.4 is 5.32 Å². The van der Waals surface area contributed by atoms with Crippen molar-refractivity contribution in [2.75, 3.05) is 11.1 Å². The van der Waals surface area contributed by atoms with E-state index in [4.69, 9.17) is 9.52 Å². The van der Waals surface area contributed by atoms with Crippen LogP contribution >= 0.6 is 23.1 Å². The van der Waals surface area contributed by atoms with Crippen LogP contribution in [0.25, 0.3) is 0 Å². The van der Waals surface area contributed by atoms with Gasteiger partial charge in [0.1, 0.15) is 5.76 Å². The number of aromatic nitrogens is 2. The maximum atomic E-state index is 10.4. The highest BCUT2D eigenvalue weighted by molar-refractivity contribution is 8.01. The zero-order valence-corrected chi connectivity index (χ0v) is 10.3. The van der Waals surface area contributed by atoms with E-state index in [1.54, 1.807) is 6.26 Å². The summed E-state index contributed by atoms with van der Waals surface area (Å²) in [6.45, 7) is 0.533. The van der Waals surface area contributed by atoms with Gasteiger partial charge >= 0.3 is 5.97 Å². The van der Waals surface area contributed by atoms with E-state index in [2.05, 4.69) is 15.5 Å². The molecule has 0 fully saturated rings. The molecule has 0 bridgehead atoms. The summed E-state index contributed by atoms with van der Waals surface area (Å²) < 4.78 is 5.79. The maximum Gasteiger partial charge on any atom is 0.313 e. The molecule has 2 N–H and O–H groups in total. The number of furan rings is 1. The average Bonchev–Trinajstić information content (AvgIpc) is 2.95. The van der Waals surface area contributed by atoms with E-state index in [-0.39, 0.29) is 5.75 Å². The Morgan fingerprint density at radius 1 is 1.59 bits per heavy atom. The van der Waals surface area contributed by atoms with Gasteiger partial charge in [-0.25, -0.2) is 0 Å². The number of hydrogen-bond donors (Lipinski definition) is 2. The highest BCUT2D eigenvalue weighted by Crippen LogP contribution is 2.25. The topological polar surface area (TPSA) is 88.2 Å². The molecule has 0 saturated heterocycles. The van der Waals surface area contributed by atoms with Gasteiger partial charge in [0.25, 0.3) is 0 Å². The molecular formula is C9H9N3O3S2. The Bertz CT molecular complexity index is 483. The van der Waals surface area contributed by atoms with E-state index in [9.17, 15) is 4.79 Å². The molecule has 17 heavy (non-hydrogen) atoms. The molecule has 0 aliphatic rings. The number of carboxylic acid groups (broad SMARTS) is 1. The SMILES string of the molecule is O=C(O)CSc1nnc(NCc2ccco2)s1. The highest BCUT2D eigenvalue weighted by Gasteiger charge is 2.07. The first kappa shape index (κ1) is 11.9. The summed E-state index contributed by atoms with van der Waals surface area (Å²) >= 11 is 2.48. The molecular weight excluding hydrogens is 262 g/mol. The Balaban J connectivity index is 1.83. The van der Waals surface area contributed by atoms with Gasteiger partial charge < -0.3 is 14.8 Å². The molecule has 6 nitrogen and oxygen atoms in total. The number of nitrogens with zero attached hydrogens (tertiary/aromatic N) is 2. The first-order valence-corrected chi connectivity index (χ1v) is 6.48. The lowest BCUT2D eigenvalue weighted by atomic mass is 10.4. The lowest BCUT2D eigenvalue weighted by molar-refractivity contribution is -0.133. The van der Waals surface area contributed by atoms with Crippen LogP contribution in [0.4, 0.5) is 5.13 Å². The Hall–Kier alpha value is -1.54. The van der Waals surface area contributed by atoms with Crippen molar-refractivity contribution in [2.45, 2.75) is 10.9 Å². The Labute approximate surface area is 105 Å². The lowest BCUT2D eigenvalue weighted by Crippen LogP contribution is -1.97. The third-order valence-corrected chi connectivity index (χ3v) is 3.72. The summed E-state index contributed by atoms with van der Waals surface area (Å²) in [7, 11) is 0. The largest absolute Gasteiger partial charge is 0.481 e. The molecule has 0 atom stereocenters. The van der Waals surface area contributed by atoms with Crippen LogP contribution in [0.2, 0.25) is 0 Å². The predicted molar refractivity (Wildman–Crippen MR) is 64.3 cm³/mol. The van der Waals surface area contributed by atoms with Gasteiger partial charge in [0.05, 0.1) is 18.6 Å². The maximum absolute atomic E-state index is 10.4. The molecule has 2 aromatic heterocycles. The molecule has 0 unspecified atom stereocenters. The van der Waals surface area contributed by atoms with E-state index < -0.39 is 5.97 Å². The molecule has 2 aromatic rings. The first-order valence-electron chi connectivity index (χ1n) is 4.68. The van der Waals surface area contributed by atoms with Gasteiger partial charge in [0.2, 0.25) is 5.13 Å². The number of thioether (sulfide) groups is 1. The van der Waals surface area contributed by atoms with Crippen LogP contribution in [0.5, 0.6) is 0 Å². The van der Waals surface area contributed by atoms with Gasteiger partial charge in [-0.1, -0.05) is 23.1 Å². The molecule has 2 heterocycles. The molecule has 0 aliphatic carbocycles. The van der Waals surface area contributed by atoms with Gasteiger partial charge in [-0.2, -0.15) is 0 Å². The number of aliphatic carboxylic acids is 1. The molecule has 0 amide bonds. The molecule has 0 saturated carbocycles. The van der Waals surface area contributed by atoms with Crippen LogP contribution in [0.1, 0.15) is 5.76 Å². The second-order valence-electron chi connectivity index (χ2n) is 2.99. The fourth-order valence-corrected chi connectivity index (χ4v) is 2.51. The van der Waals surface area contributed by atoms with E-state index in [0.717, 1.165) is 17.5 Å². The first-order chi connectivity index (χ1) is 8.24. The van der Waals surface area contributed by atoms with Crippen LogP contribution in [0.15, 0.2) is 27.2 Å². The van der Waals surface area contributed by atoms with Crippen molar-refractivity contribution in [1.29, 1.82) is 0 Å². The van der Waals surface area contributed by atoms with E-state index in [1.807, 2.05) is 12.1 Å². The molecule has 0 aliphatic heterocycles. The lowest BCUT2D eigenvalue weighted by Gasteiger charge is -1.96. The van der Waals surface area contributed by atoms with E-state index in [1.165, 1.54) is 11.3 Å². The molecule has 0 spiro atoms. The molecule has 90 valence electrons. The van der Waals surface area contributed by atoms with Crippen molar-refractivity contribution in [3.63, 3.8) is 0 Å². The second kappa shape index (κ2) is 5.69. The Morgan fingerprint density at radius 3 is 3.18 bits per heavy atom. The molecule has 0 aromatic carbocycles. The summed E-state index contributed by atoms with van der Waals surface area (Å²) in [5.74, 6) is -0.0671. The zero-order chi connectivity index (χ0) is 12.1. The molecule has 2 rings (SSSR count). The highest BCUT2D eigenvalue weighted by atomic mass is 32.2. The monoisotopic (exact) mass is 271 g/mol. The van der Waals surface area contributed by atoms with E-state index in [0.29, 0.717) is 16.0 Å². The van der Waals surface area contributed by atoms with Crippen molar-refractivity contribution >= 4 is 34.2 Å².